The van der Waals surface area contributed by atoms with Crippen molar-refractivity contribution in [3.63, 3.8) is 0 Å². The summed E-state index contributed by atoms with van der Waals surface area (Å²) in [5.41, 5.74) is 0. The van der Waals surface area contributed by atoms with Gasteiger partial charge in [-0.3, -0.25) is 4.90 Å². The third kappa shape index (κ3) is 18.8. The fourth-order valence-corrected chi connectivity index (χ4v) is 6.10. The molecule has 0 amide bonds. The van der Waals surface area contributed by atoms with Gasteiger partial charge in [0, 0.05) is 52.4 Å². The van der Waals surface area contributed by atoms with Crippen molar-refractivity contribution >= 4 is 0 Å². The fraction of sp³-hybridized carbons (Fsp3) is 1.00. The molecule has 2 unspecified atom stereocenters. The first-order valence-electron chi connectivity index (χ1n) is 17.1. The van der Waals surface area contributed by atoms with Crippen LogP contribution >= 0.6 is 0 Å². The van der Waals surface area contributed by atoms with Crippen molar-refractivity contribution < 1.29 is 4.74 Å². The van der Waals surface area contributed by atoms with Gasteiger partial charge in [0.15, 0.2) is 0 Å². The number of rotatable bonds is 18. The second kappa shape index (κ2) is 22.4. The van der Waals surface area contributed by atoms with E-state index in [2.05, 4.69) is 82.0 Å². The van der Waals surface area contributed by atoms with Gasteiger partial charge in [-0.05, 0) is 94.9 Å². The van der Waals surface area contributed by atoms with Gasteiger partial charge in [0.2, 0.25) is 0 Å². The maximum Gasteiger partial charge on any atom is 0.0593 e. The number of piperazine rings is 1. The zero-order valence-corrected chi connectivity index (χ0v) is 28.2. The van der Waals surface area contributed by atoms with E-state index in [1.54, 1.807) is 0 Å². The predicted octanol–water partition coefficient (Wildman–Crippen LogP) is 6.83. The molecule has 5 nitrogen and oxygen atoms in total. The summed E-state index contributed by atoms with van der Waals surface area (Å²) in [6.07, 6.45) is 9.36. The minimum atomic E-state index is 0.787. The monoisotopic (exact) mass is 553 g/mol. The third-order valence-electron chi connectivity index (χ3n) is 9.09. The van der Waals surface area contributed by atoms with Crippen molar-refractivity contribution in [3.05, 3.63) is 0 Å². The molecular weight excluding hydrogens is 480 g/mol. The number of likely N-dealkylation sites (tertiary alicyclic amines) is 1. The van der Waals surface area contributed by atoms with E-state index < -0.39 is 0 Å². The maximum absolute atomic E-state index is 5.77. The van der Waals surface area contributed by atoms with Gasteiger partial charge < -0.3 is 19.4 Å². The average Bonchev–Trinajstić information content (AvgIpc) is 2.91. The second-order valence-corrected chi connectivity index (χ2v) is 13.9. The predicted molar refractivity (Wildman–Crippen MR) is 173 cm³/mol. The lowest BCUT2D eigenvalue weighted by Gasteiger charge is -2.35. The van der Waals surface area contributed by atoms with Gasteiger partial charge in [-0.15, -0.1) is 0 Å². The second-order valence-electron chi connectivity index (χ2n) is 13.9. The van der Waals surface area contributed by atoms with Crippen LogP contribution in [0.1, 0.15) is 100 Å². The number of hydrogen-bond donors (Lipinski definition) is 0. The molecule has 2 heterocycles. The molecule has 2 saturated heterocycles. The summed E-state index contributed by atoms with van der Waals surface area (Å²) in [5, 5.41) is 0. The van der Waals surface area contributed by atoms with Gasteiger partial charge in [-0.25, -0.2) is 0 Å². The van der Waals surface area contributed by atoms with Crippen molar-refractivity contribution in [2.24, 2.45) is 29.6 Å². The Bertz CT molecular complexity index is 541. The van der Waals surface area contributed by atoms with Crippen LogP contribution in [0, 0.1) is 29.6 Å². The van der Waals surface area contributed by atoms with E-state index >= 15 is 0 Å². The van der Waals surface area contributed by atoms with Gasteiger partial charge in [-0.1, -0.05) is 68.2 Å². The Morgan fingerprint density at radius 2 is 1.33 bits per heavy atom. The zero-order valence-electron chi connectivity index (χ0n) is 28.2. The first kappa shape index (κ1) is 36.8. The number of piperidine rings is 1. The van der Waals surface area contributed by atoms with E-state index in [4.69, 9.17) is 4.74 Å². The zero-order chi connectivity index (χ0) is 29.0. The molecule has 2 atom stereocenters. The summed E-state index contributed by atoms with van der Waals surface area (Å²) in [7, 11) is 2.26. The summed E-state index contributed by atoms with van der Waals surface area (Å²) in [5.74, 6) is 4.35. The van der Waals surface area contributed by atoms with Crippen molar-refractivity contribution in [2.75, 3.05) is 92.3 Å². The van der Waals surface area contributed by atoms with E-state index in [9.17, 15) is 0 Å². The van der Waals surface area contributed by atoms with Gasteiger partial charge in [0.05, 0.1) is 6.61 Å². The van der Waals surface area contributed by atoms with Crippen LogP contribution < -0.4 is 0 Å². The van der Waals surface area contributed by atoms with E-state index in [0.717, 1.165) is 49.3 Å². The molecule has 2 rings (SSSR count). The smallest absolute Gasteiger partial charge is 0.0593 e. The molecule has 2 fully saturated rings. The molecule has 39 heavy (non-hydrogen) atoms. The molecule has 0 N–H and O–H groups in total. The number of ether oxygens (including phenoxy) is 1. The molecule has 0 spiro atoms. The van der Waals surface area contributed by atoms with Crippen molar-refractivity contribution in [3.8, 4) is 0 Å². The molecule has 234 valence electrons. The lowest BCUT2D eigenvalue weighted by atomic mass is 9.84. The molecular formula is C34H72N4O. The van der Waals surface area contributed by atoms with Crippen molar-refractivity contribution in [1.82, 2.24) is 19.6 Å². The first-order valence-corrected chi connectivity index (χ1v) is 17.1. The minimum absolute atomic E-state index is 0.787. The van der Waals surface area contributed by atoms with Crippen LogP contribution in [-0.2, 0) is 4.74 Å². The van der Waals surface area contributed by atoms with Crippen LogP contribution in [0.2, 0.25) is 0 Å². The van der Waals surface area contributed by atoms with E-state index in [1.165, 1.54) is 110 Å². The SMILES string of the molecule is CCC(C)C1CCN(CCCN(C)CC(C)C)CC1.CCC(C)CCCOCCN1CCN(CC(C)C)CC1. The number of hydrogen-bond acceptors (Lipinski definition) is 5. The highest BCUT2D eigenvalue weighted by Gasteiger charge is 2.22. The van der Waals surface area contributed by atoms with Crippen LogP contribution in [0.15, 0.2) is 0 Å². The molecule has 0 aromatic heterocycles. The normalized spacial score (nSPS) is 20.0. The first-order chi connectivity index (χ1) is 18.6. The van der Waals surface area contributed by atoms with Gasteiger partial charge in [0.25, 0.3) is 0 Å². The standard InChI is InChI=1S/C17H36N2O.C17H36N2/c1-5-17(4)7-6-13-20-14-12-18-8-10-19(11-9-18)15-16(2)3;1-6-16(4)17-8-12-19(13-9-17)11-7-10-18(5)14-15(2)3/h16-17H,5-15H2,1-4H3;15-17H,6-14H2,1-5H3. The highest BCUT2D eigenvalue weighted by atomic mass is 16.5. The Hall–Kier alpha value is -0.200. The Morgan fingerprint density at radius 3 is 1.90 bits per heavy atom. The van der Waals surface area contributed by atoms with Crippen LogP contribution in [-0.4, -0.2) is 112 Å². The van der Waals surface area contributed by atoms with Gasteiger partial charge in [0.1, 0.15) is 0 Å². The van der Waals surface area contributed by atoms with E-state index in [1.807, 2.05) is 0 Å². The van der Waals surface area contributed by atoms with Gasteiger partial charge >= 0.3 is 0 Å². The molecule has 0 saturated carbocycles. The summed E-state index contributed by atoms with van der Waals surface area (Å²) in [6, 6.07) is 0. The minimum Gasteiger partial charge on any atom is -0.380 e. The van der Waals surface area contributed by atoms with Crippen molar-refractivity contribution in [2.45, 2.75) is 100 Å². The Labute approximate surface area is 246 Å². The molecule has 2 aliphatic heterocycles. The lowest BCUT2D eigenvalue weighted by molar-refractivity contribution is 0.0699. The van der Waals surface area contributed by atoms with Crippen molar-refractivity contribution in [1.29, 1.82) is 0 Å². The summed E-state index contributed by atoms with van der Waals surface area (Å²) in [4.78, 5) is 10.3. The summed E-state index contributed by atoms with van der Waals surface area (Å²) in [6.45, 7) is 34.1. The largest absolute Gasteiger partial charge is 0.380 e. The van der Waals surface area contributed by atoms with Crippen LogP contribution in [0.3, 0.4) is 0 Å². The molecule has 0 radical (unpaired) electrons. The highest BCUT2D eigenvalue weighted by molar-refractivity contribution is 4.76. The third-order valence-corrected chi connectivity index (χ3v) is 9.09. The number of nitrogens with zero attached hydrogens (tertiary/aromatic N) is 4. The fourth-order valence-electron chi connectivity index (χ4n) is 6.10. The van der Waals surface area contributed by atoms with Gasteiger partial charge in [-0.2, -0.15) is 0 Å². The molecule has 0 aromatic rings. The Kier molecular flexibility index (Phi) is 21.2. The Morgan fingerprint density at radius 1 is 0.718 bits per heavy atom. The van der Waals surface area contributed by atoms with Crippen LogP contribution in [0.5, 0.6) is 0 Å². The molecule has 5 heteroatoms. The lowest BCUT2D eigenvalue weighted by Crippen LogP contribution is -2.48. The van der Waals surface area contributed by atoms with E-state index in [-0.39, 0.29) is 0 Å². The maximum atomic E-state index is 5.77. The summed E-state index contributed by atoms with van der Waals surface area (Å²) < 4.78 is 5.77. The van der Waals surface area contributed by atoms with Crippen LogP contribution in [0.4, 0.5) is 0 Å². The highest BCUT2D eigenvalue weighted by Crippen LogP contribution is 2.26. The average molecular weight is 553 g/mol. The molecule has 0 aromatic carbocycles. The van der Waals surface area contributed by atoms with E-state index in [0.29, 0.717) is 0 Å². The Balaban J connectivity index is 0.000000391. The topological polar surface area (TPSA) is 22.2 Å². The molecule has 0 aliphatic carbocycles. The summed E-state index contributed by atoms with van der Waals surface area (Å²) >= 11 is 0. The molecule has 0 bridgehead atoms. The van der Waals surface area contributed by atoms with Crippen LogP contribution in [0.25, 0.3) is 0 Å². The quantitative estimate of drug-likeness (QED) is 0.173. The molecule has 2 aliphatic rings.